The molecule has 0 aromatic heterocycles. The van der Waals surface area contributed by atoms with Crippen LogP contribution in [0.1, 0.15) is 11.1 Å². The van der Waals surface area contributed by atoms with E-state index in [9.17, 15) is 18.0 Å². The maximum absolute atomic E-state index is 13.2. The Morgan fingerprint density at radius 1 is 1.06 bits per heavy atom. The Morgan fingerprint density at radius 3 is 2.40 bits per heavy atom. The normalized spacial score (nSPS) is 14.3. The molecule has 1 aliphatic rings. The molecule has 7 nitrogen and oxygen atoms in total. The lowest BCUT2D eigenvalue weighted by Gasteiger charge is -2.19. The second-order valence-electron chi connectivity index (χ2n) is 7.55. The van der Waals surface area contributed by atoms with Crippen molar-refractivity contribution >= 4 is 82.8 Å². The number of halogens is 2. The number of carbonyl (C=O) groups is 2. The number of fused-ring (bicyclic) bond motifs is 1. The molecule has 0 radical (unpaired) electrons. The molecular weight excluding hydrogens is 620 g/mol. The molecule has 0 atom stereocenters. The van der Waals surface area contributed by atoms with Crippen LogP contribution in [0.25, 0.3) is 6.08 Å². The van der Waals surface area contributed by atoms with Crippen LogP contribution in [-0.2, 0) is 25.2 Å². The standard InChI is InChI=1S/C24H18Br2N2O5S2/c25-18-2-1-3-19(26)17(18)13-35(32,33)16-8-9-20-21(11-16)34-22(24(31)28-20)10-14-4-6-15(7-5-14)27-12-23(29)30/h1-11,27H,12-13H2,(H,28,31)(H,29,30)/b22-10-. The van der Waals surface area contributed by atoms with Gasteiger partial charge in [-0.15, -0.1) is 0 Å². The number of rotatable bonds is 7. The quantitative estimate of drug-likeness (QED) is 0.282. The molecule has 3 N–H and O–H groups in total. The lowest BCUT2D eigenvalue weighted by molar-refractivity contribution is -0.134. The van der Waals surface area contributed by atoms with Crippen molar-refractivity contribution in [3.05, 3.63) is 85.6 Å². The Morgan fingerprint density at radius 2 is 1.74 bits per heavy atom. The van der Waals surface area contributed by atoms with Crippen molar-refractivity contribution in [3.63, 3.8) is 0 Å². The van der Waals surface area contributed by atoms with Crippen LogP contribution >= 0.6 is 43.6 Å². The molecule has 1 amide bonds. The summed E-state index contributed by atoms with van der Waals surface area (Å²) in [5, 5.41) is 14.3. The first-order chi connectivity index (χ1) is 16.6. The van der Waals surface area contributed by atoms with E-state index in [-0.39, 0.29) is 23.1 Å². The number of carboxylic acid groups (broad SMARTS) is 1. The summed E-state index contributed by atoms with van der Waals surface area (Å²) in [6.07, 6.45) is 1.70. The SMILES string of the molecule is O=C(O)CNc1ccc(/C=C2\Sc3cc(S(=O)(=O)Cc4c(Br)cccc4Br)ccc3NC2=O)cc1. The van der Waals surface area contributed by atoms with Crippen molar-refractivity contribution in [3.8, 4) is 0 Å². The van der Waals surface area contributed by atoms with Crippen molar-refractivity contribution < 1.29 is 23.1 Å². The number of carbonyl (C=O) groups excluding carboxylic acids is 1. The summed E-state index contributed by atoms with van der Waals surface area (Å²) in [7, 11) is -3.65. The van der Waals surface area contributed by atoms with E-state index in [1.165, 1.54) is 17.8 Å². The molecular formula is C24H18Br2N2O5S2. The van der Waals surface area contributed by atoms with Crippen molar-refractivity contribution in [2.24, 2.45) is 0 Å². The van der Waals surface area contributed by atoms with E-state index in [0.29, 0.717) is 35.7 Å². The number of anilines is 2. The van der Waals surface area contributed by atoms with Crippen LogP contribution in [0, 0.1) is 0 Å². The van der Waals surface area contributed by atoms with E-state index in [2.05, 4.69) is 42.5 Å². The highest BCUT2D eigenvalue weighted by Crippen LogP contribution is 2.41. The Hall–Kier alpha value is -2.60. The van der Waals surface area contributed by atoms with Gasteiger partial charge in [-0.2, -0.15) is 0 Å². The van der Waals surface area contributed by atoms with Crippen LogP contribution in [-0.4, -0.2) is 31.9 Å². The fourth-order valence-corrected chi connectivity index (χ4v) is 7.44. The number of carboxylic acids is 1. The Bertz CT molecular complexity index is 1430. The minimum atomic E-state index is -3.65. The van der Waals surface area contributed by atoms with Gasteiger partial charge in [0.15, 0.2) is 9.84 Å². The fourth-order valence-electron chi connectivity index (χ4n) is 3.30. The number of benzene rings is 3. The zero-order chi connectivity index (χ0) is 25.2. The summed E-state index contributed by atoms with van der Waals surface area (Å²) in [6.45, 7) is -0.196. The van der Waals surface area contributed by atoms with E-state index in [1.54, 1.807) is 54.6 Å². The van der Waals surface area contributed by atoms with Gasteiger partial charge in [0.1, 0.15) is 6.54 Å². The molecule has 0 bridgehead atoms. The summed E-state index contributed by atoms with van der Waals surface area (Å²) in [5.41, 5.74) is 2.57. The fraction of sp³-hybridized carbons (Fsp3) is 0.0833. The van der Waals surface area contributed by atoms with Crippen LogP contribution in [0.3, 0.4) is 0 Å². The van der Waals surface area contributed by atoms with Gasteiger partial charge in [-0.25, -0.2) is 8.42 Å². The maximum Gasteiger partial charge on any atom is 0.322 e. The number of aliphatic carboxylic acids is 1. The predicted octanol–water partition coefficient (Wildman–Crippen LogP) is 5.77. The average molecular weight is 638 g/mol. The lowest BCUT2D eigenvalue weighted by Crippen LogP contribution is -2.17. The third kappa shape index (κ3) is 6.16. The van der Waals surface area contributed by atoms with Gasteiger partial charge in [-0.3, -0.25) is 9.59 Å². The van der Waals surface area contributed by atoms with Crippen LogP contribution in [0.2, 0.25) is 0 Å². The molecule has 11 heteroatoms. The van der Waals surface area contributed by atoms with E-state index in [1.807, 2.05) is 6.07 Å². The number of sulfone groups is 1. The van der Waals surface area contributed by atoms with Gasteiger partial charge in [0.25, 0.3) is 5.91 Å². The van der Waals surface area contributed by atoms with Gasteiger partial charge in [-0.05, 0) is 59.7 Å². The zero-order valence-corrected chi connectivity index (χ0v) is 22.7. The molecule has 1 heterocycles. The third-order valence-electron chi connectivity index (χ3n) is 5.05. The van der Waals surface area contributed by atoms with Gasteiger partial charge < -0.3 is 15.7 Å². The van der Waals surface area contributed by atoms with Crippen LogP contribution < -0.4 is 10.6 Å². The molecule has 0 aliphatic carbocycles. The van der Waals surface area contributed by atoms with Crippen LogP contribution in [0.4, 0.5) is 11.4 Å². The van der Waals surface area contributed by atoms with Gasteiger partial charge in [-0.1, -0.05) is 61.8 Å². The molecule has 0 fully saturated rings. The molecule has 180 valence electrons. The lowest BCUT2D eigenvalue weighted by atomic mass is 10.2. The highest BCUT2D eigenvalue weighted by atomic mass is 79.9. The topological polar surface area (TPSA) is 113 Å². The maximum atomic E-state index is 13.2. The largest absolute Gasteiger partial charge is 0.480 e. The minimum Gasteiger partial charge on any atom is -0.480 e. The smallest absolute Gasteiger partial charge is 0.322 e. The van der Waals surface area contributed by atoms with Gasteiger partial charge >= 0.3 is 5.97 Å². The van der Waals surface area contributed by atoms with Gasteiger partial charge in [0.2, 0.25) is 0 Å². The molecule has 4 rings (SSSR count). The first-order valence-electron chi connectivity index (χ1n) is 10.2. The van der Waals surface area contributed by atoms with Crippen molar-refractivity contribution in [2.45, 2.75) is 15.5 Å². The summed E-state index contributed by atoms with van der Waals surface area (Å²) in [4.78, 5) is 24.5. The Kier molecular flexibility index (Phi) is 7.70. The summed E-state index contributed by atoms with van der Waals surface area (Å²) >= 11 is 8.02. The number of amides is 1. The number of nitrogens with one attached hydrogen (secondary N) is 2. The highest BCUT2D eigenvalue weighted by molar-refractivity contribution is 9.11. The number of hydrogen-bond donors (Lipinski definition) is 3. The second kappa shape index (κ2) is 10.6. The molecule has 0 saturated carbocycles. The molecule has 3 aromatic rings. The van der Waals surface area contributed by atoms with Crippen LogP contribution in [0.15, 0.2) is 84.3 Å². The minimum absolute atomic E-state index is 0.163. The van der Waals surface area contributed by atoms with Crippen molar-refractivity contribution in [1.82, 2.24) is 0 Å². The Labute approximate surface area is 223 Å². The Balaban J connectivity index is 1.57. The second-order valence-corrected chi connectivity index (χ2v) is 12.3. The van der Waals surface area contributed by atoms with E-state index in [0.717, 1.165) is 5.56 Å². The molecule has 0 saturated heterocycles. The highest BCUT2D eigenvalue weighted by Gasteiger charge is 2.25. The molecule has 0 unspecified atom stereocenters. The van der Waals surface area contributed by atoms with Crippen LogP contribution in [0.5, 0.6) is 0 Å². The number of thioether (sulfide) groups is 1. The predicted molar refractivity (Wildman–Crippen MR) is 144 cm³/mol. The zero-order valence-electron chi connectivity index (χ0n) is 17.9. The molecule has 35 heavy (non-hydrogen) atoms. The van der Waals surface area contributed by atoms with Gasteiger partial charge in [0.05, 0.1) is 21.2 Å². The van der Waals surface area contributed by atoms with Gasteiger partial charge in [0, 0.05) is 19.5 Å². The molecule has 3 aromatic carbocycles. The summed E-state index contributed by atoms with van der Waals surface area (Å²) < 4.78 is 27.7. The first-order valence-corrected chi connectivity index (χ1v) is 14.2. The average Bonchev–Trinajstić information content (AvgIpc) is 2.81. The molecule has 1 aliphatic heterocycles. The first kappa shape index (κ1) is 25.5. The van der Waals surface area contributed by atoms with E-state index < -0.39 is 15.8 Å². The monoisotopic (exact) mass is 636 g/mol. The van der Waals surface area contributed by atoms with Crippen molar-refractivity contribution in [2.75, 3.05) is 17.2 Å². The number of hydrogen-bond acceptors (Lipinski definition) is 6. The van der Waals surface area contributed by atoms with E-state index >= 15 is 0 Å². The third-order valence-corrected chi connectivity index (χ3v) is 9.26. The van der Waals surface area contributed by atoms with E-state index in [4.69, 9.17) is 5.11 Å². The summed E-state index contributed by atoms with van der Waals surface area (Å²) in [5.74, 6) is -1.44. The molecule has 0 spiro atoms. The van der Waals surface area contributed by atoms with Crippen molar-refractivity contribution in [1.29, 1.82) is 0 Å². The summed E-state index contributed by atoms with van der Waals surface area (Å²) in [6, 6.07) is 17.0.